The highest BCUT2D eigenvalue weighted by molar-refractivity contribution is 5.83. The van der Waals surface area contributed by atoms with Crippen LogP contribution in [-0.2, 0) is 16.1 Å². The molecule has 1 radical (unpaired) electrons. The van der Waals surface area contributed by atoms with Gasteiger partial charge in [0.25, 0.3) is 0 Å². The van der Waals surface area contributed by atoms with Crippen molar-refractivity contribution in [3.8, 4) is 0 Å². The van der Waals surface area contributed by atoms with Crippen LogP contribution >= 0.6 is 0 Å². The summed E-state index contributed by atoms with van der Waals surface area (Å²) in [4.78, 5) is 11.3. The molecule has 1 saturated carbocycles. The second-order valence-electron chi connectivity index (χ2n) is 3.64. The molecule has 0 saturated heterocycles. The summed E-state index contributed by atoms with van der Waals surface area (Å²) in [6.45, 7) is 0.278. The first-order chi connectivity index (χ1) is 6.71. The highest BCUT2D eigenvalue weighted by atomic mass is 16.5. The summed E-state index contributed by atoms with van der Waals surface area (Å²) in [5.74, 6) is -0.388. The van der Waals surface area contributed by atoms with E-state index in [0.29, 0.717) is 12.8 Å². The third-order valence-corrected chi connectivity index (χ3v) is 2.35. The molecule has 0 unspecified atom stereocenters. The first-order valence-electron chi connectivity index (χ1n) is 4.67. The first kappa shape index (κ1) is 9.21. The van der Waals surface area contributed by atoms with Crippen LogP contribution < -0.4 is 5.73 Å². The molecule has 0 aromatic heterocycles. The molecule has 1 N–H and O–H groups in total. The van der Waals surface area contributed by atoms with Gasteiger partial charge in [-0.2, -0.15) is 0 Å². The van der Waals surface area contributed by atoms with Crippen LogP contribution in [0, 0.1) is 0 Å². The van der Waals surface area contributed by atoms with Crippen molar-refractivity contribution in [3.05, 3.63) is 35.9 Å². The van der Waals surface area contributed by atoms with E-state index in [1.54, 1.807) is 0 Å². The average Bonchev–Trinajstić information content (AvgIpc) is 2.96. The zero-order valence-corrected chi connectivity index (χ0v) is 7.82. The van der Waals surface area contributed by atoms with Crippen molar-refractivity contribution in [1.29, 1.82) is 0 Å². The lowest BCUT2D eigenvalue weighted by molar-refractivity contribution is -0.147. The number of carbonyl (C=O) groups excluding carboxylic acids is 1. The molecule has 2 rings (SSSR count). The van der Waals surface area contributed by atoms with Crippen LogP contribution in [0.15, 0.2) is 30.3 Å². The topological polar surface area (TPSA) is 50.1 Å². The fourth-order valence-electron chi connectivity index (χ4n) is 1.19. The number of rotatable bonds is 3. The fraction of sp³-hybridized carbons (Fsp3) is 0.364. The maximum absolute atomic E-state index is 11.3. The Bertz CT molecular complexity index is 330. The van der Waals surface area contributed by atoms with E-state index in [-0.39, 0.29) is 12.6 Å². The molecule has 1 aliphatic rings. The van der Waals surface area contributed by atoms with Crippen LogP contribution in [0.2, 0.25) is 0 Å². The first-order valence-corrected chi connectivity index (χ1v) is 4.67. The van der Waals surface area contributed by atoms with Gasteiger partial charge in [-0.05, 0) is 18.4 Å². The van der Waals surface area contributed by atoms with Crippen molar-refractivity contribution in [2.45, 2.75) is 25.0 Å². The molecule has 1 aromatic rings. The van der Waals surface area contributed by atoms with E-state index in [1.165, 1.54) is 0 Å². The van der Waals surface area contributed by atoms with Crippen molar-refractivity contribution >= 4 is 5.97 Å². The summed E-state index contributed by atoms with van der Waals surface area (Å²) in [7, 11) is 0. The summed E-state index contributed by atoms with van der Waals surface area (Å²) in [6.07, 6.45) is 1.28. The number of carbonyl (C=O) groups is 1. The lowest BCUT2D eigenvalue weighted by Crippen LogP contribution is -2.26. The minimum absolute atomic E-state index is 0.278. The lowest BCUT2D eigenvalue weighted by Gasteiger charge is -2.08. The second-order valence-corrected chi connectivity index (χ2v) is 3.64. The fourth-order valence-corrected chi connectivity index (χ4v) is 1.19. The number of hydrogen-bond donors (Lipinski definition) is 0. The molecule has 3 nitrogen and oxygen atoms in total. The highest BCUT2D eigenvalue weighted by Crippen LogP contribution is 2.35. The molecule has 0 amide bonds. The molecule has 0 heterocycles. The molecular weight excluding hydrogens is 178 g/mol. The van der Waals surface area contributed by atoms with Gasteiger partial charge in [0.15, 0.2) is 0 Å². The van der Waals surface area contributed by atoms with Crippen molar-refractivity contribution in [3.63, 3.8) is 0 Å². The predicted octanol–water partition coefficient (Wildman–Crippen LogP) is 1.55. The Labute approximate surface area is 82.9 Å². The number of benzene rings is 1. The van der Waals surface area contributed by atoms with Crippen LogP contribution in [0.3, 0.4) is 0 Å². The third kappa shape index (κ3) is 1.93. The maximum atomic E-state index is 11.3. The van der Waals surface area contributed by atoms with Gasteiger partial charge in [-0.1, -0.05) is 30.3 Å². The molecule has 73 valence electrons. The maximum Gasteiger partial charge on any atom is 0.327 e. The van der Waals surface area contributed by atoms with Gasteiger partial charge in [0.2, 0.25) is 0 Å². The highest BCUT2D eigenvalue weighted by Gasteiger charge is 2.48. The third-order valence-electron chi connectivity index (χ3n) is 2.35. The van der Waals surface area contributed by atoms with Crippen molar-refractivity contribution in [2.24, 2.45) is 0 Å². The number of esters is 1. The summed E-state index contributed by atoms with van der Waals surface area (Å²) >= 11 is 0. The van der Waals surface area contributed by atoms with Crippen LogP contribution in [0.25, 0.3) is 0 Å². The van der Waals surface area contributed by atoms with Gasteiger partial charge >= 0.3 is 5.97 Å². The Hall–Kier alpha value is -1.35. The average molecular weight is 190 g/mol. The van der Waals surface area contributed by atoms with Crippen LogP contribution in [-0.4, -0.2) is 11.5 Å². The molecule has 1 fully saturated rings. The van der Waals surface area contributed by atoms with Crippen LogP contribution in [0.1, 0.15) is 18.4 Å². The van der Waals surface area contributed by atoms with Gasteiger partial charge in [-0.15, -0.1) is 0 Å². The van der Waals surface area contributed by atoms with E-state index >= 15 is 0 Å². The minimum Gasteiger partial charge on any atom is -0.459 e. The predicted molar refractivity (Wildman–Crippen MR) is 51.3 cm³/mol. The molecule has 0 atom stereocenters. The van der Waals surface area contributed by atoms with Gasteiger partial charge in [0, 0.05) is 0 Å². The summed E-state index contributed by atoms with van der Waals surface area (Å²) in [5, 5.41) is 0. The number of nitrogens with one attached hydrogen (secondary N) is 1. The molecule has 14 heavy (non-hydrogen) atoms. The van der Waals surface area contributed by atoms with Gasteiger partial charge in [-0.25, -0.2) is 10.5 Å². The largest absolute Gasteiger partial charge is 0.459 e. The number of hydrogen-bond acceptors (Lipinski definition) is 2. The quantitative estimate of drug-likeness (QED) is 0.679. The van der Waals surface area contributed by atoms with E-state index in [2.05, 4.69) is 0 Å². The standard InChI is InChI=1S/C11H12NO2/c12-11(6-7-11)10(13)14-8-9-4-2-1-3-5-9/h1-5,12H,6-8H2. The Morgan fingerprint density at radius 3 is 2.57 bits per heavy atom. The second kappa shape index (κ2) is 3.42. The summed E-state index contributed by atoms with van der Waals surface area (Å²) in [6, 6.07) is 9.51. The molecule has 1 aliphatic carbocycles. The minimum atomic E-state index is -0.922. The van der Waals surface area contributed by atoms with Gasteiger partial charge in [-0.3, -0.25) is 0 Å². The molecule has 3 heteroatoms. The zero-order valence-electron chi connectivity index (χ0n) is 7.82. The Morgan fingerprint density at radius 2 is 2.00 bits per heavy atom. The van der Waals surface area contributed by atoms with Crippen LogP contribution in [0.5, 0.6) is 0 Å². The SMILES string of the molecule is [NH]C1(C(=O)OCc2ccccc2)CC1. The monoisotopic (exact) mass is 190 g/mol. The van der Waals surface area contributed by atoms with E-state index in [0.717, 1.165) is 5.56 Å². The van der Waals surface area contributed by atoms with Crippen molar-refractivity contribution in [1.82, 2.24) is 5.73 Å². The van der Waals surface area contributed by atoms with E-state index < -0.39 is 5.54 Å². The molecular formula is C11H12NO2. The zero-order chi connectivity index (χ0) is 10.0. The van der Waals surface area contributed by atoms with Crippen LogP contribution in [0.4, 0.5) is 0 Å². The van der Waals surface area contributed by atoms with Gasteiger partial charge < -0.3 is 4.74 Å². The summed E-state index contributed by atoms with van der Waals surface area (Å²) in [5.41, 5.74) is 7.58. The lowest BCUT2D eigenvalue weighted by atomic mass is 10.2. The Morgan fingerprint density at radius 1 is 1.36 bits per heavy atom. The Kier molecular flexibility index (Phi) is 2.25. The Balaban J connectivity index is 1.86. The molecule has 0 spiro atoms. The van der Waals surface area contributed by atoms with E-state index in [1.807, 2.05) is 30.3 Å². The van der Waals surface area contributed by atoms with E-state index in [9.17, 15) is 4.79 Å². The van der Waals surface area contributed by atoms with Gasteiger partial charge in [0.1, 0.15) is 12.1 Å². The normalized spacial score (nSPS) is 17.5. The smallest absolute Gasteiger partial charge is 0.327 e. The van der Waals surface area contributed by atoms with Crippen molar-refractivity contribution < 1.29 is 9.53 Å². The molecule has 1 aromatic carbocycles. The van der Waals surface area contributed by atoms with Gasteiger partial charge in [0.05, 0.1) is 0 Å². The molecule has 0 aliphatic heterocycles. The van der Waals surface area contributed by atoms with E-state index in [4.69, 9.17) is 10.5 Å². The molecule has 0 bridgehead atoms. The summed E-state index contributed by atoms with van der Waals surface area (Å²) < 4.78 is 5.03. The van der Waals surface area contributed by atoms with Crippen molar-refractivity contribution in [2.75, 3.05) is 0 Å². The number of ether oxygens (including phenoxy) is 1.